The summed E-state index contributed by atoms with van der Waals surface area (Å²) in [5, 5.41) is 1.28. The van der Waals surface area contributed by atoms with Gasteiger partial charge in [0.2, 0.25) is 0 Å². The highest BCUT2D eigenvalue weighted by Gasteiger charge is 2.23. The topological polar surface area (TPSA) is 38.9 Å². The van der Waals surface area contributed by atoms with Crippen LogP contribution >= 0.6 is 11.3 Å². The Labute approximate surface area is 83.2 Å². The largest absolute Gasteiger partial charge is 0.323 e. The van der Waals surface area contributed by atoms with E-state index < -0.39 is 0 Å². The first-order valence-electron chi connectivity index (χ1n) is 4.88. The molecule has 0 aromatic carbocycles. The van der Waals surface area contributed by atoms with Gasteiger partial charge in [-0.15, -0.1) is 11.3 Å². The van der Waals surface area contributed by atoms with E-state index in [1.807, 2.05) is 18.3 Å². The van der Waals surface area contributed by atoms with Crippen molar-refractivity contribution >= 4 is 11.3 Å². The Balaban J connectivity index is 2.13. The fourth-order valence-electron chi connectivity index (χ4n) is 1.54. The van der Waals surface area contributed by atoms with Gasteiger partial charge >= 0.3 is 0 Å². The van der Waals surface area contributed by atoms with Crippen LogP contribution in [0.15, 0.2) is 0 Å². The minimum Gasteiger partial charge on any atom is -0.323 e. The zero-order chi connectivity index (χ0) is 9.42. The lowest BCUT2D eigenvalue weighted by Crippen LogP contribution is -2.06. The van der Waals surface area contributed by atoms with Gasteiger partial charge in [-0.05, 0) is 32.6 Å². The van der Waals surface area contributed by atoms with Gasteiger partial charge in [0.1, 0.15) is 0 Å². The normalized spacial score (nSPS) is 19.0. The van der Waals surface area contributed by atoms with E-state index in [1.54, 1.807) is 0 Å². The molecular formula is C10H16N2S. The summed E-state index contributed by atoms with van der Waals surface area (Å²) in [6, 6.07) is 0.0872. The van der Waals surface area contributed by atoms with Crippen molar-refractivity contribution in [2.24, 2.45) is 11.7 Å². The fraction of sp³-hybridized carbons (Fsp3) is 0.700. The molecule has 1 unspecified atom stereocenters. The van der Waals surface area contributed by atoms with Gasteiger partial charge in [0.15, 0.2) is 0 Å². The average Bonchev–Trinajstić information content (AvgIpc) is 2.75. The first-order chi connectivity index (χ1) is 6.16. The monoisotopic (exact) mass is 196 g/mol. The molecule has 1 aromatic heterocycles. The molecule has 3 heteroatoms. The van der Waals surface area contributed by atoms with E-state index in [1.165, 1.54) is 29.1 Å². The summed E-state index contributed by atoms with van der Waals surface area (Å²) in [6.45, 7) is 4.12. The van der Waals surface area contributed by atoms with Crippen molar-refractivity contribution in [3.8, 4) is 0 Å². The molecule has 0 bridgehead atoms. The molecule has 1 aliphatic rings. The summed E-state index contributed by atoms with van der Waals surface area (Å²) in [4.78, 5) is 5.88. The minimum atomic E-state index is 0.0872. The molecule has 72 valence electrons. The van der Waals surface area contributed by atoms with E-state index in [0.29, 0.717) is 0 Å². The third-order valence-electron chi connectivity index (χ3n) is 2.47. The minimum absolute atomic E-state index is 0.0872. The molecular weight excluding hydrogens is 180 g/mol. The van der Waals surface area contributed by atoms with E-state index in [-0.39, 0.29) is 6.04 Å². The van der Waals surface area contributed by atoms with Gasteiger partial charge in [0.05, 0.1) is 10.7 Å². The Morgan fingerprint density at radius 2 is 2.31 bits per heavy atom. The second kappa shape index (κ2) is 3.39. The molecule has 0 radical (unpaired) electrons. The number of rotatable bonds is 3. The number of thiazole rings is 1. The standard InChI is InChI=1S/C10H16N2S/c1-6(11)10-7(2)13-9(12-10)5-8-3-4-8/h6,8H,3-5,11H2,1-2H3. The summed E-state index contributed by atoms with van der Waals surface area (Å²) in [7, 11) is 0. The van der Waals surface area contributed by atoms with E-state index in [4.69, 9.17) is 5.73 Å². The van der Waals surface area contributed by atoms with Crippen LogP contribution < -0.4 is 5.73 Å². The summed E-state index contributed by atoms with van der Waals surface area (Å²) in [5.74, 6) is 0.923. The van der Waals surface area contributed by atoms with Gasteiger partial charge in [-0.3, -0.25) is 0 Å². The third kappa shape index (κ3) is 2.09. The highest BCUT2D eigenvalue weighted by atomic mass is 32.1. The van der Waals surface area contributed by atoms with Crippen molar-refractivity contribution in [1.82, 2.24) is 4.98 Å². The van der Waals surface area contributed by atoms with Crippen molar-refractivity contribution in [3.05, 3.63) is 15.6 Å². The Morgan fingerprint density at radius 1 is 1.62 bits per heavy atom. The first kappa shape index (κ1) is 9.16. The molecule has 1 aliphatic carbocycles. The van der Waals surface area contributed by atoms with Crippen LogP contribution in [0.5, 0.6) is 0 Å². The Morgan fingerprint density at radius 3 is 2.77 bits per heavy atom. The summed E-state index contributed by atoms with van der Waals surface area (Å²) < 4.78 is 0. The highest BCUT2D eigenvalue weighted by Crippen LogP contribution is 2.34. The highest BCUT2D eigenvalue weighted by molar-refractivity contribution is 7.11. The quantitative estimate of drug-likeness (QED) is 0.806. The second-order valence-electron chi connectivity index (χ2n) is 3.99. The zero-order valence-corrected chi connectivity index (χ0v) is 9.03. The van der Waals surface area contributed by atoms with Crippen molar-refractivity contribution in [2.45, 2.75) is 39.2 Å². The average molecular weight is 196 g/mol. The van der Waals surface area contributed by atoms with E-state index in [0.717, 1.165) is 11.6 Å². The predicted octanol–water partition coefficient (Wildman–Crippen LogP) is 2.42. The Kier molecular flexibility index (Phi) is 2.39. The maximum Gasteiger partial charge on any atom is 0.0934 e. The van der Waals surface area contributed by atoms with Gasteiger partial charge in [0.25, 0.3) is 0 Å². The predicted molar refractivity (Wildman–Crippen MR) is 55.9 cm³/mol. The zero-order valence-electron chi connectivity index (χ0n) is 8.21. The van der Waals surface area contributed by atoms with Crippen LogP contribution in [0, 0.1) is 12.8 Å². The molecule has 1 aromatic rings. The van der Waals surface area contributed by atoms with E-state index in [9.17, 15) is 0 Å². The summed E-state index contributed by atoms with van der Waals surface area (Å²) >= 11 is 1.82. The molecule has 0 aliphatic heterocycles. The molecule has 2 nitrogen and oxygen atoms in total. The van der Waals surface area contributed by atoms with E-state index in [2.05, 4.69) is 11.9 Å². The SMILES string of the molecule is Cc1sc(CC2CC2)nc1C(C)N. The first-order valence-corrected chi connectivity index (χ1v) is 5.70. The molecule has 2 N–H and O–H groups in total. The number of aromatic nitrogens is 1. The molecule has 1 heterocycles. The van der Waals surface area contributed by atoms with Gasteiger partial charge in [-0.1, -0.05) is 0 Å². The molecule has 1 fully saturated rings. The van der Waals surface area contributed by atoms with Gasteiger partial charge in [-0.25, -0.2) is 4.98 Å². The second-order valence-corrected chi connectivity index (χ2v) is 5.27. The molecule has 1 atom stereocenters. The number of aryl methyl sites for hydroxylation is 1. The molecule has 13 heavy (non-hydrogen) atoms. The van der Waals surface area contributed by atoms with Crippen LogP contribution in [-0.4, -0.2) is 4.98 Å². The lowest BCUT2D eigenvalue weighted by atomic mass is 10.2. The Bertz CT molecular complexity index is 300. The summed E-state index contributed by atoms with van der Waals surface area (Å²) in [5.41, 5.74) is 6.92. The van der Waals surface area contributed by atoms with Gasteiger partial charge < -0.3 is 5.73 Å². The van der Waals surface area contributed by atoms with Crippen molar-refractivity contribution < 1.29 is 0 Å². The molecule has 0 amide bonds. The molecule has 1 saturated carbocycles. The number of hydrogen-bond donors (Lipinski definition) is 1. The maximum atomic E-state index is 5.82. The number of nitrogens with two attached hydrogens (primary N) is 1. The maximum absolute atomic E-state index is 5.82. The van der Waals surface area contributed by atoms with Crippen LogP contribution in [0.1, 0.15) is 41.4 Å². The number of nitrogens with zero attached hydrogens (tertiary/aromatic N) is 1. The van der Waals surface area contributed by atoms with E-state index >= 15 is 0 Å². The fourth-order valence-corrected chi connectivity index (χ4v) is 2.70. The van der Waals surface area contributed by atoms with Crippen LogP contribution in [0.3, 0.4) is 0 Å². The van der Waals surface area contributed by atoms with Crippen LogP contribution in [0.4, 0.5) is 0 Å². The van der Waals surface area contributed by atoms with Crippen molar-refractivity contribution in [3.63, 3.8) is 0 Å². The molecule has 0 spiro atoms. The number of hydrogen-bond acceptors (Lipinski definition) is 3. The van der Waals surface area contributed by atoms with Crippen LogP contribution in [-0.2, 0) is 6.42 Å². The lowest BCUT2D eigenvalue weighted by Gasteiger charge is -2.00. The smallest absolute Gasteiger partial charge is 0.0934 e. The van der Waals surface area contributed by atoms with Crippen molar-refractivity contribution in [2.75, 3.05) is 0 Å². The molecule has 2 rings (SSSR count). The third-order valence-corrected chi connectivity index (χ3v) is 3.48. The Hall–Kier alpha value is -0.410. The van der Waals surface area contributed by atoms with Crippen LogP contribution in [0.25, 0.3) is 0 Å². The van der Waals surface area contributed by atoms with Crippen LogP contribution in [0.2, 0.25) is 0 Å². The van der Waals surface area contributed by atoms with Gasteiger partial charge in [-0.2, -0.15) is 0 Å². The lowest BCUT2D eigenvalue weighted by molar-refractivity contribution is 0.759. The van der Waals surface area contributed by atoms with Gasteiger partial charge in [0, 0.05) is 17.3 Å². The van der Waals surface area contributed by atoms with Crippen molar-refractivity contribution in [1.29, 1.82) is 0 Å². The molecule has 0 saturated heterocycles. The summed E-state index contributed by atoms with van der Waals surface area (Å²) in [6.07, 6.45) is 3.97.